The minimum atomic E-state index is -0.612. The second-order valence-electron chi connectivity index (χ2n) is 8.22. The molecule has 0 saturated carbocycles. The number of nitrogens with zero attached hydrogens (tertiary/aromatic N) is 1. The smallest absolute Gasteiger partial charge is 0.256 e. The van der Waals surface area contributed by atoms with Crippen molar-refractivity contribution >= 4 is 39.2 Å². The van der Waals surface area contributed by atoms with Crippen molar-refractivity contribution in [3.63, 3.8) is 0 Å². The van der Waals surface area contributed by atoms with Crippen LogP contribution >= 0.6 is 0 Å². The number of benzene rings is 4. The Morgan fingerprint density at radius 2 is 1.62 bits per heavy atom. The van der Waals surface area contributed by atoms with Crippen LogP contribution in [-0.4, -0.2) is 31.0 Å². The highest BCUT2D eigenvalue weighted by Gasteiger charge is 2.15. The van der Waals surface area contributed by atoms with E-state index in [1.807, 2.05) is 36.4 Å². The molecule has 0 saturated heterocycles. The fourth-order valence-corrected chi connectivity index (χ4v) is 4.15. The van der Waals surface area contributed by atoms with Gasteiger partial charge in [0.2, 0.25) is 0 Å². The molecule has 37 heavy (non-hydrogen) atoms. The van der Waals surface area contributed by atoms with E-state index in [1.54, 1.807) is 55.8 Å². The summed E-state index contributed by atoms with van der Waals surface area (Å²) in [5.74, 6) is 1.21. The van der Waals surface area contributed by atoms with Gasteiger partial charge in [0.1, 0.15) is 23.0 Å². The van der Waals surface area contributed by atoms with E-state index in [9.17, 15) is 9.59 Å². The van der Waals surface area contributed by atoms with Crippen LogP contribution in [-0.2, 0) is 0 Å². The highest BCUT2D eigenvalue weighted by atomic mass is 16.5. The minimum absolute atomic E-state index is 0.234. The van der Waals surface area contributed by atoms with E-state index >= 15 is 0 Å². The molecule has 0 atom stereocenters. The number of carbonyl (C=O) groups is 2. The van der Waals surface area contributed by atoms with E-state index in [4.69, 9.17) is 19.9 Å². The summed E-state index contributed by atoms with van der Waals surface area (Å²) in [5.41, 5.74) is 7.52. The molecule has 2 amide bonds. The summed E-state index contributed by atoms with van der Waals surface area (Å²) >= 11 is 0. The Morgan fingerprint density at radius 3 is 2.41 bits per heavy atom. The van der Waals surface area contributed by atoms with Crippen LogP contribution in [0.4, 0.5) is 5.69 Å². The number of primary amides is 1. The number of anilines is 1. The van der Waals surface area contributed by atoms with Crippen LogP contribution in [0.1, 0.15) is 20.7 Å². The number of hydrogen-bond donors (Lipinski definition) is 2. The van der Waals surface area contributed by atoms with Crippen LogP contribution in [0.2, 0.25) is 0 Å². The molecule has 184 valence electrons. The molecule has 8 nitrogen and oxygen atoms in total. The molecule has 1 heterocycles. The average molecular weight is 494 g/mol. The van der Waals surface area contributed by atoms with Crippen LogP contribution in [0.15, 0.2) is 85.1 Å². The molecular weight excluding hydrogens is 470 g/mol. The highest BCUT2D eigenvalue weighted by molar-refractivity contribution is 6.13. The lowest BCUT2D eigenvalue weighted by Gasteiger charge is -2.13. The van der Waals surface area contributed by atoms with E-state index in [2.05, 4.69) is 10.3 Å². The van der Waals surface area contributed by atoms with Crippen molar-refractivity contribution in [3.05, 3.63) is 96.2 Å². The fourth-order valence-electron chi connectivity index (χ4n) is 4.15. The quantitative estimate of drug-likeness (QED) is 0.307. The molecule has 1 aromatic heterocycles. The Labute approximate surface area is 212 Å². The highest BCUT2D eigenvalue weighted by Crippen LogP contribution is 2.34. The van der Waals surface area contributed by atoms with E-state index in [-0.39, 0.29) is 11.5 Å². The lowest BCUT2D eigenvalue weighted by atomic mass is 10.0. The number of hydrogen-bond acceptors (Lipinski definition) is 6. The van der Waals surface area contributed by atoms with Gasteiger partial charge in [-0.1, -0.05) is 18.2 Å². The third-order valence-electron chi connectivity index (χ3n) is 5.94. The number of rotatable bonds is 7. The van der Waals surface area contributed by atoms with Crippen LogP contribution < -0.4 is 25.3 Å². The van der Waals surface area contributed by atoms with Gasteiger partial charge in [0.05, 0.1) is 25.3 Å². The van der Waals surface area contributed by atoms with Crippen LogP contribution in [0.25, 0.3) is 21.7 Å². The van der Waals surface area contributed by atoms with Gasteiger partial charge in [0.25, 0.3) is 11.8 Å². The number of fused-ring (bicyclic) bond motifs is 2. The fraction of sp³-hybridized carbons (Fsp3) is 0.0690. The van der Waals surface area contributed by atoms with Gasteiger partial charge in [-0.25, -0.2) is 0 Å². The first-order chi connectivity index (χ1) is 18.0. The summed E-state index contributed by atoms with van der Waals surface area (Å²) in [6, 6.07) is 23.1. The lowest BCUT2D eigenvalue weighted by molar-refractivity contribution is 0.0995. The number of nitrogens with one attached hydrogen (secondary N) is 1. The van der Waals surface area contributed by atoms with Gasteiger partial charge >= 0.3 is 0 Å². The maximum Gasteiger partial charge on any atom is 0.256 e. The summed E-state index contributed by atoms with van der Waals surface area (Å²) in [6.07, 6.45) is 1.61. The summed E-state index contributed by atoms with van der Waals surface area (Å²) < 4.78 is 16.7. The minimum Gasteiger partial charge on any atom is -0.497 e. The number of aromatic nitrogens is 1. The number of pyridine rings is 1. The van der Waals surface area contributed by atoms with Gasteiger partial charge in [-0.15, -0.1) is 0 Å². The SMILES string of the molecule is COc1cccc(NC(=O)c2cccc3cc(Oc4ccnc5cc(OC)c(C(N)=O)cc45)ccc23)c1. The van der Waals surface area contributed by atoms with Crippen LogP contribution in [0.3, 0.4) is 0 Å². The molecule has 0 aliphatic heterocycles. The zero-order valence-corrected chi connectivity index (χ0v) is 20.1. The Kier molecular flexibility index (Phi) is 6.30. The number of ether oxygens (including phenoxy) is 3. The third-order valence-corrected chi connectivity index (χ3v) is 5.94. The van der Waals surface area contributed by atoms with Crippen molar-refractivity contribution in [3.8, 4) is 23.0 Å². The van der Waals surface area contributed by atoms with Gasteiger partial charge in [0, 0.05) is 35.0 Å². The molecule has 0 aliphatic rings. The Balaban J connectivity index is 1.47. The molecule has 0 radical (unpaired) electrons. The molecule has 0 aliphatic carbocycles. The van der Waals surface area contributed by atoms with E-state index in [0.29, 0.717) is 45.2 Å². The van der Waals surface area contributed by atoms with Crippen molar-refractivity contribution in [2.45, 2.75) is 0 Å². The maximum absolute atomic E-state index is 13.1. The van der Waals surface area contributed by atoms with Gasteiger partial charge in [-0.3, -0.25) is 14.6 Å². The predicted octanol–water partition coefficient (Wildman–Crippen LogP) is 5.55. The monoisotopic (exact) mass is 493 g/mol. The molecule has 8 heteroatoms. The number of methoxy groups -OCH3 is 2. The Bertz CT molecular complexity index is 1670. The first kappa shape index (κ1) is 23.6. The third kappa shape index (κ3) is 4.72. The topological polar surface area (TPSA) is 113 Å². The molecule has 3 N–H and O–H groups in total. The van der Waals surface area contributed by atoms with E-state index in [0.717, 1.165) is 10.8 Å². The van der Waals surface area contributed by atoms with Crippen LogP contribution in [0, 0.1) is 0 Å². The molecule has 5 rings (SSSR count). The number of amides is 2. The molecule has 0 fully saturated rings. The number of nitrogens with two attached hydrogens (primary N) is 1. The van der Waals surface area contributed by atoms with Gasteiger partial charge < -0.3 is 25.3 Å². The molecular formula is C29H23N3O5. The van der Waals surface area contributed by atoms with Gasteiger partial charge in [0.15, 0.2) is 0 Å². The molecule has 0 unspecified atom stereocenters. The number of carbonyl (C=O) groups excluding carboxylic acids is 2. The van der Waals surface area contributed by atoms with Crippen molar-refractivity contribution in [2.24, 2.45) is 5.73 Å². The van der Waals surface area contributed by atoms with Crippen molar-refractivity contribution < 1.29 is 23.8 Å². The first-order valence-electron chi connectivity index (χ1n) is 11.4. The molecule has 5 aromatic rings. The zero-order chi connectivity index (χ0) is 25.9. The van der Waals surface area contributed by atoms with Crippen molar-refractivity contribution in [1.29, 1.82) is 0 Å². The summed E-state index contributed by atoms with van der Waals surface area (Å²) in [5, 5.41) is 5.13. The lowest BCUT2D eigenvalue weighted by Crippen LogP contribution is -2.12. The van der Waals surface area contributed by atoms with Crippen molar-refractivity contribution in [1.82, 2.24) is 4.98 Å². The Morgan fingerprint density at radius 1 is 0.784 bits per heavy atom. The molecule has 0 bridgehead atoms. The summed E-state index contributed by atoms with van der Waals surface area (Å²) in [4.78, 5) is 29.3. The first-order valence-corrected chi connectivity index (χ1v) is 11.4. The van der Waals surface area contributed by atoms with Crippen molar-refractivity contribution in [2.75, 3.05) is 19.5 Å². The normalized spacial score (nSPS) is 10.8. The maximum atomic E-state index is 13.1. The van der Waals surface area contributed by atoms with E-state index < -0.39 is 5.91 Å². The zero-order valence-electron chi connectivity index (χ0n) is 20.1. The van der Waals surface area contributed by atoms with E-state index in [1.165, 1.54) is 7.11 Å². The average Bonchev–Trinajstić information content (AvgIpc) is 2.92. The predicted molar refractivity (Wildman–Crippen MR) is 142 cm³/mol. The molecule has 4 aromatic carbocycles. The van der Waals surface area contributed by atoms with Gasteiger partial charge in [-0.2, -0.15) is 0 Å². The second kappa shape index (κ2) is 9.87. The largest absolute Gasteiger partial charge is 0.497 e. The summed E-state index contributed by atoms with van der Waals surface area (Å²) in [6.45, 7) is 0. The van der Waals surface area contributed by atoms with Gasteiger partial charge in [-0.05, 0) is 59.3 Å². The summed E-state index contributed by atoms with van der Waals surface area (Å²) in [7, 11) is 3.04. The molecule has 0 spiro atoms. The van der Waals surface area contributed by atoms with Crippen LogP contribution in [0.5, 0.6) is 23.0 Å². The Hall–Kier alpha value is -5.11. The second-order valence-corrected chi connectivity index (χ2v) is 8.22. The standard InChI is InChI=1S/C29H23N3O5/c1-35-19-7-4-6-18(14-19)32-29(34)22-8-3-5-17-13-20(9-10-21(17)22)37-26-11-12-31-25-16-27(36-2)24(28(30)33)15-23(25)26/h3-16H,1-2H3,(H2,30,33)(H,32,34).